The first-order valence-electron chi connectivity index (χ1n) is 8.32. The lowest BCUT2D eigenvalue weighted by molar-refractivity contribution is -0.139. The molecule has 0 radical (unpaired) electrons. The van der Waals surface area contributed by atoms with Gasteiger partial charge < -0.3 is 14.7 Å². The Morgan fingerprint density at radius 2 is 1.93 bits per heavy atom. The van der Waals surface area contributed by atoms with Crippen LogP contribution in [0, 0.1) is 6.92 Å². The van der Waals surface area contributed by atoms with E-state index in [0.717, 1.165) is 11.1 Å². The fourth-order valence-corrected chi connectivity index (χ4v) is 3.31. The van der Waals surface area contributed by atoms with Crippen molar-refractivity contribution in [1.82, 2.24) is 4.90 Å². The number of benzene rings is 2. The molecule has 6 nitrogen and oxygen atoms in total. The number of ether oxygens (including phenoxy) is 1. The fraction of sp³-hybridized carbons (Fsp3) is 0.150. The first kappa shape index (κ1) is 19.9. The molecule has 0 spiro atoms. The van der Waals surface area contributed by atoms with Crippen LogP contribution in [-0.4, -0.2) is 40.6 Å². The predicted molar refractivity (Wildman–Crippen MR) is 112 cm³/mol. The first-order valence-corrected chi connectivity index (χ1v) is 9.11. The molecular formula is C20H17ClN2O4S. The molecule has 1 aliphatic heterocycles. The molecule has 2 aromatic carbocycles. The fourth-order valence-electron chi connectivity index (χ4n) is 2.80. The molecule has 2 aromatic rings. The number of thiocarbonyl (C=S) groups is 1. The number of halogens is 1. The van der Waals surface area contributed by atoms with Gasteiger partial charge in [-0.1, -0.05) is 23.7 Å². The van der Waals surface area contributed by atoms with Crippen molar-refractivity contribution in [1.29, 1.82) is 0 Å². The number of likely N-dealkylation sites (N-methyl/N-ethyl adjacent to an activating group) is 1. The van der Waals surface area contributed by atoms with Crippen LogP contribution < -0.4 is 9.64 Å². The summed E-state index contributed by atoms with van der Waals surface area (Å²) in [6.07, 6.45) is 1.72. The number of hydrogen-bond acceptors (Lipinski definition) is 4. The van der Waals surface area contributed by atoms with Gasteiger partial charge in [-0.2, -0.15) is 0 Å². The molecule has 3 rings (SSSR count). The lowest BCUT2D eigenvalue weighted by Gasteiger charge is -2.18. The van der Waals surface area contributed by atoms with E-state index in [4.69, 9.17) is 33.7 Å². The summed E-state index contributed by atoms with van der Waals surface area (Å²) in [4.78, 5) is 26.7. The minimum absolute atomic E-state index is 0.232. The van der Waals surface area contributed by atoms with Gasteiger partial charge in [-0.3, -0.25) is 9.69 Å². The molecular weight excluding hydrogens is 400 g/mol. The molecule has 0 atom stereocenters. The van der Waals surface area contributed by atoms with E-state index in [1.54, 1.807) is 60.5 Å². The van der Waals surface area contributed by atoms with Crippen molar-refractivity contribution in [2.45, 2.75) is 6.92 Å². The van der Waals surface area contributed by atoms with E-state index >= 15 is 0 Å². The van der Waals surface area contributed by atoms with Crippen molar-refractivity contribution in [3.05, 3.63) is 64.3 Å². The number of carbonyl (C=O) groups is 2. The standard InChI is InChI=1S/C20H17ClN2O4S/c1-12-9-14(21)5-8-16(12)23-19(26)17(22(2)20(23)28)10-13-3-6-15(7-4-13)27-11-18(24)25/h3-10H,11H2,1-2H3,(H,24,25)/b17-10+. The molecule has 0 unspecified atom stereocenters. The van der Waals surface area contributed by atoms with Gasteiger partial charge in [-0.25, -0.2) is 4.79 Å². The molecule has 1 heterocycles. The van der Waals surface area contributed by atoms with Crippen LogP contribution >= 0.6 is 23.8 Å². The van der Waals surface area contributed by atoms with E-state index in [1.807, 2.05) is 6.92 Å². The van der Waals surface area contributed by atoms with E-state index in [1.165, 1.54) is 4.90 Å². The normalized spacial score (nSPS) is 15.5. The maximum Gasteiger partial charge on any atom is 0.341 e. The van der Waals surface area contributed by atoms with Crippen LogP contribution in [-0.2, 0) is 9.59 Å². The number of carboxylic acids is 1. The summed E-state index contributed by atoms with van der Waals surface area (Å²) in [6, 6.07) is 12.0. The second-order valence-corrected chi connectivity index (χ2v) is 7.00. The van der Waals surface area contributed by atoms with Crippen LogP contribution in [0.5, 0.6) is 5.75 Å². The lowest BCUT2D eigenvalue weighted by Crippen LogP contribution is -2.31. The Morgan fingerprint density at radius 1 is 1.25 bits per heavy atom. The Bertz CT molecular complexity index is 988. The molecule has 28 heavy (non-hydrogen) atoms. The molecule has 0 bridgehead atoms. The molecule has 1 fully saturated rings. The molecule has 1 N–H and O–H groups in total. The highest BCUT2D eigenvalue weighted by Gasteiger charge is 2.37. The van der Waals surface area contributed by atoms with E-state index in [0.29, 0.717) is 27.3 Å². The lowest BCUT2D eigenvalue weighted by atomic mass is 10.1. The van der Waals surface area contributed by atoms with Gasteiger partial charge in [0, 0.05) is 12.1 Å². The number of amides is 1. The molecule has 0 saturated carbocycles. The summed E-state index contributed by atoms with van der Waals surface area (Å²) < 4.78 is 5.11. The summed E-state index contributed by atoms with van der Waals surface area (Å²) in [5.41, 5.74) is 2.72. The van der Waals surface area contributed by atoms with E-state index < -0.39 is 12.6 Å². The number of carbonyl (C=O) groups excluding carboxylic acids is 1. The zero-order valence-electron chi connectivity index (χ0n) is 15.2. The Kier molecular flexibility index (Phi) is 5.67. The Labute approximate surface area is 172 Å². The molecule has 8 heteroatoms. The zero-order chi connectivity index (χ0) is 20.4. The molecule has 0 aromatic heterocycles. The van der Waals surface area contributed by atoms with Crippen LogP contribution in [0.25, 0.3) is 6.08 Å². The van der Waals surface area contributed by atoms with Crippen molar-refractivity contribution in [3.8, 4) is 5.75 Å². The molecule has 1 amide bonds. The van der Waals surface area contributed by atoms with Gasteiger partial charge in [0.1, 0.15) is 11.4 Å². The predicted octanol–water partition coefficient (Wildman–Crippen LogP) is 3.72. The van der Waals surface area contributed by atoms with Gasteiger partial charge in [0.25, 0.3) is 5.91 Å². The van der Waals surface area contributed by atoms with Crippen molar-refractivity contribution < 1.29 is 19.4 Å². The summed E-state index contributed by atoms with van der Waals surface area (Å²) >= 11 is 11.5. The largest absolute Gasteiger partial charge is 0.482 e. The number of anilines is 1. The Morgan fingerprint density at radius 3 is 2.54 bits per heavy atom. The van der Waals surface area contributed by atoms with Crippen LogP contribution in [0.3, 0.4) is 0 Å². The maximum absolute atomic E-state index is 13.0. The highest BCUT2D eigenvalue weighted by atomic mass is 35.5. The van der Waals surface area contributed by atoms with Crippen LogP contribution in [0.1, 0.15) is 11.1 Å². The van der Waals surface area contributed by atoms with E-state index in [-0.39, 0.29) is 5.91 Å². The first-order chi connectivity index (χ1) is 13.3. The minimum atomic E-state index is -1.05. The summed E-state index contributed by atoms with van der Waals surface area (Å²) in [5.74, 6) is -0.843. The second-order valence-electron chi connectivity index (χ2n) is 6.19. The van der Waals surface area contributed by atoms with Crippen molar-refractivity contribution in [2.24, 2.45) is 0 Å². The Balaban J connectivity index is 1.87. The average molecular weight is 417 g/mol. The van der Waals surface area contributed by atoms with Gasteiger partial charge in [0.05, 0.1) is 5.69 Å². The quantitative estimate of drug-likeness (QED) is 0.591. The Hall–Kier alpha value is -2.90. The summed E-state index contributed by atoms with van der Waals surface area (Å²) in [7, 11) is 1.74. The van der Waals surface area contributed by atoms with Gasteiger partial charge in [0.2, 0.25) is 0 Å². The molecule has 144 valence electrons. The van der Waals surface area contributed by atoms with Gasteiger partial charge in [-0.15, -0.1) is 0 Å². The third-order valence-corrected chi connectivity index (χ3v) is 4.90. The van der Waals surface area contributed by atoms with Crippen LogP contribution in [0.2, 0.25) is 5.02 Å². The monoisotopic (exact) mass is 416 g/mol. The van der Waals surface area contributed by atoms with Crippen molar-refractivity contribution in [3.63, 3.8) is 0 Å². The molecule has 1 aliphatic rings. The highest BCUT2D eigenvalue weighted by molar-refractivity contribution is 7.80. The van der Waals surface area contributed by atoms with Gasteiger partial charge in [0.15, 0.2) is 11.7 Å². The number of nitrogens with zero attached hydrogens (tertiary/aromatic N) is 2. The highest BCUT2D eigenvalue weighted by Crippen LogP contribution is 2.31. The number of aryl methyl sites for hydroxylation is 1. The van der Waals surface area contributed by atoms with Crippen molar-refractivity contribution in [2.75, 3.05) is 18.6 Å². The number of carboxylic acid groups (broad SMARTS) is 1. The molecule has 0 aliphatic carbocycles. The number of aliphatic carboxylic acids is 1. The summed E-state index contributed by atoms with van der Waals surface area (Å²) in [5, 5.41) is 9.62. The third-order valence-electron chi connectivity index (χ3n) is 4.21. The van der Waals surface area contributed by atoms with Gasteiger partial charge in [-0.05, 0) is 66.7 Å². The summed E-state index contributed by atoms with van der Waals surface area (Å²) in [6.45, 7) is 1.46. The number of hydrogen-bond donors (Lipinski definition) is 1. The maximum atomic E-state index is 13.0. The third kappa shape index (κ3) is 4.00. The second kappa shape index (κ2) is 8.00. The SMILES string of the molecule is Cc1cc(Cl)ccc1N1C(=O)/C(=C\c2ccc(OCC(=O)O)cc2)N(C)C1=S. The zero-order valence-corrected chi connectivity index (χ0v) is 16.8. The average Bonchev–Trinajstić information content (AvgIpc) is 2.85. The molecule has 1 saturated heterocycles. The number of rotatable bonds is 5. The van der Waals surface area contributed by atoms with Gasteiger partial charge >= 0.3 is 5.97 Å². The topological polar surface area (TPSA) is 70.1 Å². The van der Waals surface area contributed by atoms with E-state index in [2.05, 4.69) is 0 Å². The van der Waals surface area contributed by atoms with Crippen LogP contribution in [0.4, 0.5) is 5.69 Å². The van der Waals surface area contributed by atoms with Crippen LogP contribution in [0.15, 0.2) is 48.2 Å². The van der Waals surface area contributed by atoms with E-state index in [9.17, 15) is 9.59 Å². The smallest absolute Gasteiger partial charge is 0.341 e. The van der Waals surface area contributed by atoms with Crippen molar-refractivity contribution >= 4 is 52.6 Å². The minimum Gasteiger partial charge on any atom is -0.482 e.